The highest BCUT2D eigenvalue weighted by molar-refractivity contribution is 6.88. The van der Waals surface area contributed by atoms with Gasteiger partial charge in [0.2, 0.25) is 0 Å². The average molecular weight is 236 g/mol. The van der Waals surface area contributed by atoms with Gasteiger partial charge in [-0.2, -0.15) is 0 Å². The highest BCUT2D eigenvalue weighted by Gasteiger charge is 2.16. The molecule has 0 aliphatic heterocycles. The van der Waals surface area contributed by atoms with Gasteiger partial charge >= 0.3 is 5.97 Å². The summed E-state index contributed by atoms with van der Waals surface area (Å²) >= 11 is 0. The molecule has 5 nitrogen and oxygen atoms in total. The molecule has 1 aromatic rings. The van der Waals surface area contributed by atoms with E-state index >= 15 is 0 Å². The number of hydrogen-bond donors (Lipinski definition) is 1. The highest BCUT2D eigenvalue weighted by atomic mass is 28.3. The Morgan fingerprint density at radius 2 is 1.56 bits per heavy atom. The first-order valence-corrected chi connectivity index (χ1v) is 8.15. The van der Waals surface area contributed by atoms with Gasteiger partial charge in [-0.1, -0.05) is 37.0 Å². The fraction of sp³-hybridized carbons (Fsp3) is 0.300. The SMILES string of the molecule is C[Si](C)(C)c1ccc(C(=O)O)cc1.[N-]=[N+]=[N-]. The average Bonchev–Trinajstić information content (AvgIpc) is 2.18. The van der Waals surface area contributed by atoms with Crippen molar-refractivity contribution in [1.82, 2.24) is 0 Å². The van der Waals surface area contributed by atoms with Crippen LogP contribution in [0.5, 0.6) is 0 Å². The normalized spacial score (nSPS) is 9.69. The molecule has 0 saturated carbocycles. The summed E-state index contributed by atoms with van der Waals surface area (Å²) < 4.78 is 0. The number of carboxylic acids is 1. The quantitative estimate of drug-likeness (QED) is 0.370. The van der Waals surface area contributed by atoms with E-state index in [-0.39, 0.29) is 0 Å². The van der Waals surface area contributed by atoms with Crippen molar-refractivity contribution in [3.63, 3.8) is 0 Å². The van der Waals surface area contributed by atoms with E-state index in [1.807, 2.05) is 12.1 Å². The summed E-state index contributed by atoms with van der Waals surface area (Å²) in [5.41, 5.74) is 13.9. The van der Waals surface area contributed by atoms with Gasteiger partial charge in [-0.15, -0.1) is 0 Å². The lowest BCUT2D eigenvalue weighted by Crippen LogP contribution is -2.37. The van der Waals surface area contributed by atoms with Crippen molar-refractivity contribution in [3.05, 3.63) is 45.8 Å². The van der Waals surface area contributed by atoms with Gasteiger partial charge in [-0.05, 0) is 12.1 Å². The van der Waals surface area contributed by atoms with E-state index in [0.29, 0.717) is 5.56 Å². The summed E-state index contributed by atoms with van der Waals surface area (Å²) in [6.07, 6.45) is 0. The van der Waals surface area contributed by atoms with Crippen LogP contribution in [0.15, 0.2) is 24.3 Å². The maximum Gasteiger partial charge on any atom is 0.335 e. The monoisotopic (exact) mass is 236 g/mol. The van der Waals surface area contributed by atoms with Crippen LogP contribution >= 0.6 is 0 Å². The van der Waals surface area contributed by atoms with E-state index in [2.05, 4.69) is 19.6 Å². The second-order valence-corrected chi connectivity index (χ2v) is 9.30. The van der Waals surface area contributed by atoms with Crippen LogP contribution < -0.4 is 5.19 Å². The van der Waals surface area contributed by atoms with E-state index in [4.69, 9.17) is 16.2 Å². The molecule has 0 unspecified atom stereocenters. The zero-order chi connectivity index (χ0) is 12.8. The van der Waals surface area contributed by atoms with E-state index in [9.17, 15) is 4.79 Å². The predicted octanol–water partition coefficient (Wildman–Crippen LogP) is 2.80. The first-order valence-electron chi connectivity index (χ1n) is 4.65. The fourth-order valence-electron chi connectivity index (χ4n) is 1.11. The minimum absolute atomic E-state index is 0.363. The molecule has 0 fully saturated rings. The number of nitrogens with zero attached hydrogens (tertiary/aromatic N) is 3. The van der Waals surface area contributed by atoms with Gasteiger partial charge < -0.3 is 16.2 Å². The summed E-state index contributed by atoms with van der Waals surface area (Å²) in [6.45, 7) is 6.72. The maximum absolute atomic E-state index is 10.6. The van der Waals surface area contributed by atoms with Gasteiger partial charge in [0.05, 0.1) is 13.6 Å². The number of carbonyl (C=O) groups is 1. The molecule has 86 valence electrons. The summed E-state index contributed by atoms with van der Waals surface area (Å²) in [5.74, 6) is -0.859. The molecule has 0 bridgehead atoms. The Labute approximate surface area is 95.2 Å². The lowest BCUT2D eigenvalue weighted by atomic mass is 10.2. The third-order valence-electron chi connectivity index (χ3n) is 2.00. The Hall–Kier alpha value is -1.78. The summed E-state index contributed by atoms with van der Waals surface area (Å²) in [7, 11) is -1.28. The third-order valence-corrected chi connectivity index (χ3v) is 4.06. The molecule has 1 N–H and O–H groups in total. The molecule has 1 rings (SSSR count). The smallest absolute Gasteiger partial charge is 0.335 e. The minimum Gasteiger partial charge on any atom is -0.478 e. The van der Waals surface area contributed by atoms with Gasteiger partial charge in [0.15, 0.2) is 0 Å². The Morgan fingerprint density at radius 1 is 1.19 bits per heavy atom. The van der Waals surface area contributed by atoms with Crippen LogP contribution in [0.3, 0.4) is 0 Å². The molecule has 0 saturated heterocycles. The molecule has 0 heterocycles. The second kappa shape index (κ2) is 5.94. The first kappa shape index (κ1) is 14.2. The number of rotatable bonds is 2. The van der Waals surface area contributed by atoms with Crippen LogP contribution in [0.2, 0.25) is 19.6 Å². The van der Waals surface area contributed by atoms with Crippen molar-refractivity contribution in [2.75, 3.05) is 0 Å². The Bertz CT molecular complexity index is 390. The minimum atomic E-state index is -1.28. The van der Waals surface area contributed by atoms with Crippen LogP contribution in [-0.4, -0.2) is 19.1 Å². The summed E-state index contributed by atoms with van der Waals surface area (Å²) in [6, 6.07) is 7.21. The van der Waals surface area contributed by atoms with Gasteiger partial charge in [-0.25, -0.2) is 4.79 Å². The van der Waals surface area contributed by atoms with E-state index in [0.717, 1.165) is 0 Å². The van der Waals surface area contributed by atoms with Crippen LogP contribution in [-0.2, 0) is 0 Å². The molecule has 0 spiro atoms. The molecule has 6 heteroatoms. The van der Waals surface area contributed by atoms with Gasteiger partial charge in [0.25, 0.3) is 0 Å². The van der Waals surface area contributed by atoms with E-state index in [1.54, 1.807) is 12.1 Å². The largest absolute Gasteiger partial charge is 0.478 e. The lowest BCUT2D eigenvalue weighted by molar-refractivity contribution is 0.0697. The zero-order valence-electron chi connectivity index (χ0n) is 9.51. The Kier molecular flexibility index (Phi) is 5.28. The maximum atomic E-state index is 10.6. The standard InChI is InChI=1S/C10H14O2Si.N3/c1-13(2,3)9-6-4-8(5-7-9)10(11)12;1-3-2/h4-7H,1-3H3,(H,11,12);/q;-1. The molecule has 0 aliphatic rings. The summed E-state index contributed by atoms with van der Waals surface area (Å²) in [5, 5.41) is 9.98. The molecule has 1 aromatic carbocycles. The number of benzene rings is 1. The topological polar surface area (TPSA) is 96.0 Å². The number of carboxylic acid groups (broad SMARTS) is 1. The first-order chi connectivity index (χ1) is 7.32. The van der Waals surface area contributed by atoms with Crippen LogP contribution in [0.4, 0.5) is 0 Å². The Morgan fingerprint density at radius 3 is 1.81 bits per heavy atom. The fourth-order valence-corrected chi connectivity index (χ4v) is 2.28. The molecule has 16 heavy (non-hydrogen) atoms. The second-order valence-electron chi connectivity index (χ2n) is 4.22. The van der Waals surface area contributed by atoms with Crippen molar-refractivity contribution < 1.29 is 9.90 Å². The molecular weight excluding hydrogens is 222 g/mol. The third kappa shape index (κ3) is 4.63. The van der Waals surface area contributed by atoms with E-state index in [1.165, 1.54) is 10.1 Å². The van der Waals surface area contributed by atoms with E-state index < -0.39 is 14.0 Å². The summed E-state index contributed by atoms with van der Waals surface area (Å²) in [4.78, 5) is 12.1. The Balaban J connectivity index is 0.000000673. The molecule has 0 aliphatic carbocycles. The molecule has 0 amide bonds. The van der Waals surface area contributed by atoms with Crippen LogP contribution in [0, 0.1) is 0 Å². The van der Waals surface area contributed by atoms with Crippen molar-refractivity contribution in [3.8, 4) is 0 Å². The lowest BCUT2D eigenvalue weighted by Gasteiger charge is -2.16. The van der Waals surface area contributed by atoms with Crippen molar-refractivity contribution in [2.45, 2.75) is 19.6 Å². The van der Waals surface area contributed by atoms with Crippen LogP contribution in [0.1, 0.15) is 10.4 Å². The van der Waals surface area contributed by atoms with Crippen LogP contribution in [0.25, 0.3) is 16.0 Å². The molecule has 0 radical (unpaired) electrons. The highest BCUT2D eigenvalue weighted by Crippen LogP contribution is 2.04. The van der Waals surface area contributed by atoms with Crippen molar-refractivity contribution in [2.24, 2.45) is 0 Å². The van der Waals surface area contributed by atoms with Gasteiger partial charge in [0, 0.05) is 0 Å². The molecule has 0 aromatic heterocycles. The number of aromatic carboxylic acids is 1. The molecule has 0 atom stereocenters. The van der Waals surface area contributed by atoms with Crippen molar-refractivity contribution in [1.29, 1.82) is 0 Å². The van der Waals surface area contributed by atoms with Gasteiger partial charge in [-0.3, -0.25) is 4.91 Å². The van der Waals surface area contributed by atoms with Gasteiger partial charge in [0.1, 0.15) is 0 Å². The van der Waals surface area contributed by atoms with Crippen molar-refractivity contribution >= 4 is 19.2 Å². The zero-order valence-corrected chi connectivity index (χ0v) is 10.5. The predicted molar refractivity (Wildman–Crippen MR) is 66.5 cm³/mol. The number of hydrogen-bond acceptors (Lipinski definition) is 1. The molecular formula is C10H14N3O2Si-.